The number of hydrogen-bond acceptors (Lipinski definition) is 4. The Labute approximate surface area is 169 Å². The van der Waals surface area contributed by atoms with Gasteiger partial charge in [0.2, 0.25) is 0 Å². The fourth-order valence-corrected chi connectivity index (χ4v) is 4.33. The number of ether oxygens (including phenoxy) is 1. The number of aromatic amines is 1. The van der Waals surface area contributed by atoms with E-state index in [1.807, 2.05) is 18.2 Å². The van der Waals surface area contributed by atoms with Crippen LogP contribution in [-0.2, 0) is 11.8 Å². The number of rotatable bonds is 5. The van der Waals surface area contributed by atoms with Crippen molar-refractivity contribution in [3.8, 4) is 5.75 Å². The fourth-order valence-electron chi connectivity index (χ4n) is 4.33. The minimum absolute atomic E-state index is 0.305. The Bertz CT molecular complexity index is 1080. The summed E-state index contributed by atoms with van der Waals surface area (Å²) >= 11 is 0. The number of fused-ring (bicyclic) bond motifs is 1. The average molecular weight is 385 g/mol. The van der Waals surface area contributed by atoms with Crippen LogP contribution in [0.3, 0.4) is 0 Å². The van der Waals surface area contributed by atoms with Crippen molar-refractivity contribution in [3.63, 3.8) is 0 Å². The molecule has 0 bridgehead atoms. The molecule has 5 heteroatoms. The molecule has 2 aromatic carbocycles. The minimum Gasteiger partial charge on any atom is -0.497 e. The highest BCUT2D eigenvalue weighted by Crippen LogP contribution is 2.43. The highest BCUT2D eigenvalue weighted by Gasteiger charge is 2.38. The molecule has 5 rings (SSSR count). The van der Waals surface area contributed by atoms with Gasteiger partial charge in [-0.25, -0.2) is 0 Å². The molecule has 0 amide bonds. The van der Waals surface area contributed by atoms with Crippen molar-refractivity contribution in [2.75, 3.05) is 7.11 Å². The third-order valence-corrected chi connectivity index (χ3v) is 6.08. The Morgan fingerprint density at radius 2 is 1.83 bits per heavy atom. The van der Waals surface area contributed by atoms with Crippen LogP contribution in [0.25, 0.3) is 6.08 Å². The molecule has 2 aliphatic carbocycles. The molecule has 1 aromatic heterocycles. The molecule has 1 atom stereocenters. The molecule has 3 aromatic rings. The monoisotopic (exact) mass is 385 g/mol. The van der Waals surface area contributed by atoms with E-state index < -0.39 is 0 Å². The topological polar surface area (TPSA) is 70.5 Å². The van der Waals surface area contributed by atoms with Gasteiger partial charge in [-0.05, 0) is 36.1 Å². The van der Waals surface area contributed by atoms with E-state index in [1.54, 1.807) is 7.11 Å². The van der Waals surface area contributed by atoms with E-state index in [1.165, 1.54) is 11.1 Å². The third-order valence-electron chi connectivity index (χ3n) is 6.08. The number of oxime groups is 1. The summed E-state index contributed by atoms with van der Waals surface area (Å²) in [4.78, 5) is 0. The largest absolute Gasteiger partial charge is 0.497 e. The highest BCUT2D eigenvalue weighted by molar-refractivity contribution is 6.04. The first-order valence-corrected chi connectivity index (χ1v) is 9.94. The van der Waals surface area contributed by atoms with Crippen LogP contribution in [0.2, 0.25) is 0 Å². The second kappa shape index (κ2) is 6.92. The molecule has 1 heterocycles. The summed E-state index contributed by atoms with van der Waals surface area (Å²) in [5.41, 5.74) is 5.68. The van der Waals surface area contributed by atoms with Crippen molar-refractivity contribution in [1.82, 2.24) is 10.2 Å². The lowest BCUT2D eigenvalue weighted by molar-refractivity contribution is 0.317. The number of H-pyrrole nitrogens is 1. The summed E-state index contributed by atoms with van der Waals surface area (Å²) in [6, 6.07) is 18.8. The lowest BCUT2D eigenvalue weighted by Gasteiger charge is -2.34. The van der Waals surface area contributed by atoms with Crippen LogP contribution in [0.4, 0.5) is 0 Å². The van der Waals surface area contributed by atoms with Gasteiger partial charge in [0.25, 0.3) is 0 Å². The maximum Gasteiger partial charge on any atom is 0.118 e. The quantitative estimate of drug-likeness (QED) is 0.384. The number of nitrogens with zero attached hydrogens (tertiary/aromatic N) is 2. The molecule has 1 fully saturated rings. The lowest BCUT2D eigenvalue weighted by Crippen LogP contribution is -2.30. The zero-order valence-electron chi connectivity index (χ0n) is 16.3. The van der Waals surface area contributed by atoms with Gasteiger partial charge in [-0.15, -0.1) is 0 Å². The molecule has 1 unspecified atom stereocenters. The maximum atomic E-state index is 9.52. The Hall–Kier alpha value is -3.34. The van der Waals surface area contributed by atoms with Gasteiger partial charge in [-0.2, -0.15) is 5.10 Å². The summed E-state index contributed by atoms with van der Waals surface area (Å²) in [7, 11) is 1.68. The summed E-state index contributed by atoms with van der Waals surface area (Å²) in [5, 5.41) is 20.8. The maximum absolute atomic E-state index is 9.52. The molecule has 29 heavy (non-hydrogen) atoms. The van der Waals surface area contributed by atoms with E-state index in [2.05, 4.69) is 63.9 Å². The number of nitrogens with one attached hydrogen (secondary N) is 1. The molecule has 0 spiro atoms. The van der Waals surface area contributed by atoms with Crippen LogP contribution in [0.5, 0.6) is 5.75 Å². The first-order chi connectivity index (χ1) is 14.2. The summed E-state index contributed by atoms with van der Waals surface area (Å²) in [6.45, 7) is 0. The third kappa shape index (κ3) is 2.94. The minimum atomic E-state index is -0.305. The predicted octanol–water partition coefficient (Wildman–Crippen LogP) is 4.56. The normalized spacial score (nSPS) is 21.1. The van der Waals surface area contributed by atoms with Gasteiger partial charge in [0.1, 0.15) is 17.2 Å². The molecule has 146 valence electrons. The molecule has 0 aliphatic heterocycles. The zero-order chi connectivity index (χ0) is 19.8. The molecular formula is C24H23N3O2. The molecule has 0 radical (unpaired) electrons. The molecule has 0 saturated heterocycles. The van der Waals surface area contributed by atoms with Gasteiger partial charge < -0.3 is 9.94 Å². The van der Waals surface area contributed by atoms with Crippen LogP contribution in [0.15, 0.2) is 65.8 Å². The van der Waals surface area contributed by atoms with Gasteiger partial charge in [-0.1, -0.05) is 59.8 Å². The van der Waals surface area contributed by atoms with Gasteiger partial charge in [0.15, 0.2) is 0 Å². The first kappa shape index (κ1) is 17.7. The van der Waals surface area contributed by atoms with Crippen molar-refractivity contribution < 1.29 is 9.94 Å². The summed E-state index contributed by atoms with van der Waals surface area (Å²) in [6.07, 6.45) is 7.26. The molecule has 1 saturated carbocycles. The van der Waals surface area contributed by atoms with Crippen molar-refractivity contribution in [3.05, 3.63) is 88.8 Å². The fraction of sp³-hybridized carbons (Fsp3) is 0.250. The smallest absolute Gasteiger partial charge is 0.118 e. The van der Waals surface area contributed by atoms with Crippen molar-refractivity contribution in [2.45, 2.75) is 24.7 Å². The van der Waals surface area contributed by atoms with Crippen LogP contribution < -0.4 is 4.74 Å². The molecular weight excluding hydrogens is 362 g/mol. The van der Waals surface area contributed by atoms with E-state index in [4.69, 9.17) is 4.74 Å². The Kier molecular flexibility index (Phi) is 4.23. The highest BCUT2D eigenvalue weighted by atomic mass is 16.5. The zero-order valence-corrected chi connectivity index (χ0v) is 16.3. The van der Waals surface area contributed by atoms with E-state index >= 15 is 0 Å². The van der Waals surface area contributed by atoms with Gasteiger partial charge in [0, 0.05) is 29.0 Å². The number of allylic oxidation sites excluding steroid dienone is 1. The van der Waals surface area contributed by atoms with Crippen molar-refractivity contribution in [1.29, 1.82) is 0 Å². The van der Waals surface area contributed by atoms with Crippen LogP contribution >= 0.6 is 0 Å². The Morgan fingerprint density at radius 3 is 2.48 bits per heavy atom. The Balaban J connectivity index is 1.62. The van der Waals surface area contributed by atoms with E-state index in [-0.39, 0.29) is 5.41 Å². The first-order valence-electron chi connectivity index (χ1n) is 9.94. The second-order valence-corrected chi connectivity index (χ2v) is 7.80. The number of benzene rings is 2. The second-order valence-electron chi connectivity index (χ2n) is 7.80. The lowest BCUT2D eigenvalue weighted by atomic mass is 9.68. The van der Waals surface area contributed by atoms with Gasteiger partial charge >= 0.3 is 0 Å². The number of methoxy groups -OCH3 is 1. The summed E-state index contributed by atoms with van der Waals surface area (Å²) < 4.78 is 5.35. The van der Waals surface area contributed by atoms with Gasteiger partial charge in [-0.3, -0.25) is 5.10 Å². The van der Waals surface area contributed by atoms with Crippen LogP contribution in [-0.4, -0.2) is 28.2 Å². The Morgan fingerprint density at radius 1 is 1.10 bits per heavy atom. The molecule has 2 aliphatic rings. The summed E-state index contributed by atoms with van der Waals surface area (Å²) in [5.74, 6) is 1.16. The molecule has 5 nitrogen and oxygen atoms in total. The van der Waals surface area contributed by atoms with E-state index in [0.29, 0.717) is 11.6 Å². The van der Waals surface area contributed by atoms with E-state index in [9.17, 15) is 5.21 Å². The van der Waals surface area contributed by atoms with E-state index in [0.717, 1.165) is 42.0 Å². The predicted molar refractivity (Wildman–Crippen MR) is 113 cm³/mol. The number of hydrogen-bond donors (Lipinski definition) is 2. The van der Waals surface area contributed by atoms with Crippen molar-refractivity contribution >= 4 is 11.8 Å². The van der Waals surface area contributed by atoms with Gasteiger partial charge in [0.05, 0.1) is 7.11 Å². The van der Waals surface area contributed by atoms with Crippen LogP contribution in [0, 0.1) is 5.92 Å². The molecule has 2 N–H and O–H groups in total. The average Bonchev–Trinajstić information content (AvgIpc) is 3.54. The van der Waals surface area contributed by atoms with Crippen LogP contribution in [0.1, 0.15) is 40.9 Å². The standard InChI is InChI=1S/C24H23N3O2/c1-29-19-11-9-18(10-12-19)24(17-5-3-2-4-6-17)14-13-20-21(15-24)25-26-23(20)22(27-28)16-7-8-16/h2-6,9-14,16,28H,7-8,15H2,1H3,(H,25,26)/b27-22+. The SMILES string of the molecule is COc1ccc(C2(c3ccccc3)C=Cc3c(/C(=N/O)C4CC4)n[nH]c3C2)cc1. The van der Waals surface area contributed by atoms with Crippen molar-refractivity contribution in [2.24, 2.45) is 11.1 Å². The number of aromatic nitrogens is 2.